The minimum Gasteiger partial charge on any atom is -0.393 e. The Morgan fingerprint density at radius 1 is 1.57 bits per heavy atom. The zero-order valence-corrected chi connectivity index (χ0v) is 12.9. The number of aliphatic hydroxyl groups is 1. The van der Waals surface area contributed by atoms with Gasteiger partial charge in [0.1, 0.15) is 5.82 Å². The van der Waals surface area contributed by atoms with Gasteiger partial charge in [-0.1, -0.05) is 6.92 Å². The van der Waals surface area contributed by atoms with Gasteiger partial charge in [-0.3, -0.25) is 14.9 Å². The number of benzene rings is 1. The Balaban J connectivity index is 1.88. The number of hydrogen-bond donors (Lipinski definition) is 2. The van der Waals surface area contributed by atoms with Crippen molar-refractivity contribution in [1.29, 1.82) is 0 Å². The first-order valence-electron chi connectivity index (χ1n) is 7.51. The lowest BCUT2D eigenvalue weighted by atomic mass is 9.97. The van der Waals surface area contributed by atoms with Crippen molar-refractivity contribution >= 4 is 17.3 Å². The fraction of sp³-hybridized carbons (Fsp3) is 0.533. The highest BCUT2D eigenvalue weighted by molar-refractivity contribution is 5.91. The Bertz CT molecular complexity index is 596. The van der Waals surface area contributed by atoms with Gasteiger partial charge in [0.2, 0.25) is 5.91 Å². The maximum absolute atomic E-state index is 13.6. The number of aliphatic hydroxyl groups excluding tert-OH is 1. The van der Waals surface area contributed by atoms with Crippen LogP contribution in [0.2, 0.25) is 0 Å². The number of halogens is 1. The molecule has 2 rings (SSSR count). The quantitative estimate of drug-likeness (QED) is 0.635. The predicted molar refractivity (Wildman–Crippen MR) is 82.5 cm³/mol. The van der Waals surface area contributed by atoms with E-state index >= 15 is 0 Å². The molecule has 1 aromatic carbocycles. The van der Waals surface area contributed by atoms with Gasteiger partial charge in [0.05, 0.1) is 16.7 Å². The van der Waals surface area contributed by atoms with Crippen LogP contribution in [0.15, 0.2) is 18.2 Å². The van der Waals surface area contributed by atoms with E-state index in [9.17, 15) is 24.4 Å². The summed E-state index contributed by atoms with van der Waals surface area (Å²) < 4.78 is 13.6. The number of likely N-dealkylation sites (tertiary alicyclic amines) is 1. The second kappa shape index (κ2) is 7.47. The number of amides is 1. The molecule has 0 aromatic heterocycles. The maximum Gasteiger partial charge on any atom is 0.271 e. The number of carbonyl (C=O) groups excluding carboxylic acids is 1. The van der Waals surface area contributed by atoms with Gasteiger partial charge in [0.15, 0.2) is 0 Å². The molecule has 1 aliphatic rings. The lowest BCUT2D eigenvalue weighted by molar-refractivity contribution is -0.384. The summed E-state index contributed by atoms with van der Waals surface area (Å²) in [6, 6.07) is 3.01. The van der Waals surface area contributed by atoms with Crippen molar-refractivity contribution in [2.75, 3.05) is 25.0 Å². The Morgan fingerprint density at radius 2 is 2.30 bits per heavy atom. The molecule has 0 unspecified atom stereocenters. The van der Waals surface area contributed by atoms with Gasteiger partial charge < -0.3 is 15.3 Å². The van der Waals surface area contributed by atoms with E-state index in [1.165, 1.54) is 0 Å². The van der Waals surface area contributed by atoms with Crippen molar-refractivity contribution in [3.63, 3.8) is 0 Å². The first kappa shape index (κ1) is 17.3. The van der Waals surface area contributed by atoms with Crippen LogP contribution in [0.25, 0.3) is 0 Å². The molecule has 2 N–H and O–H groups in total. The molecule has 0 spiro atoms. The third-order valence-corrected chi connectivity index (χ3v) is 4.03. The molecule has 8 heteroatoms. The molecule has 0 bridgehead atoms. The summed E-state index contributed by atoms with van der Waals surface area (Å²) in [5.74, 6) is -0.956. The minimum absolute atomic E-state index is 0.154. The van der Waals surface area contributed by atoms with Crippen LogP contribution in [-0.2, 0) is 4.79 Å². The third kappa shape index (κ3) is 4.70. The van der Waals surface area contributed by atoms with E-state index < -0.39 is 16.6 Å². The summed E-state index contributed by atoms with van der Waals surface area (Å²) in [5.41, 5.74) is -0.466. The molecule has 0 aliphatic carbocycles. The molecule has 0 saturated carbocycles. The SMILES string of the molecule is C[C@H]1CN(CCC(=O)Nc2cc([N+](=O)[O-])ccc2F)CC[C@H]1O. The van der Waals surface area contributed by atoms with E-state index in [1.807, 2.05) is 6.92 Å². The van der Waals surface area contributed by atoms with Crippen LogP contribution in [0.4, 0.5) is 15.8 Å². The van der Waals surface area contributed by atoms with Crippen molar-refractivity contribution < 1.29 is 19.2 Å². The van der Waals surface area contributed by atoms with Crippen LogP contribution in [0.5, 0.6) is 0 Å². The van der Waals surface area contributed by atoms with Crippen molar-refractivity contribution in [2.45, 2.75) is 25.9 Å². The summed E-state index contributed by atoms with van der Waals surface area (Å²) in [6.07, 6.45) is 0.520. The molecule has 7 nitrogen and oxygen atoms in total. The van der Waals surface area contributed by atoms with Gasteiger partial charge in [-0.15, -0.1) is 0 Å². The van der Waals surface area contributed by atoms with Gasteiger partial charge in [-0.2, -0.15) is 0 Å². The third-order valence-electron chi connectivity index (χ3n) is 4.03. The lowest BCUT2D eigenvalue weighted by Crippen LogP contribution is -2.42. The highest BCUT2D eigenvalue weighted by Gasteiger charge is 2.24. The average molecular weight is 325 g/mol. The molecule has 1 heterocycles. The number of anilines is 1. The molecule has 1 saturated heterocycles. The monoisotopic (exact) mass is 325 g/mol. The highest BCUT2D eigenvalue weighted by Crippen LogP contribution is 2.21. The number of non-ortho nitro benzene ring substituents is 1. The fourth-order valence-electron chi connectivity index (χ4n) is 2.62. The highest BCUT2D eigenvalue weighted by atomic mass is 19.1. The number of nitrogens with zero attached hydrogens (tertiary/aromatic N) is 2. The first-order chi connectivity index (χ1) is 10.9. The van der Waals surface area contributed by atoms with Gasteiger partial charge in [-0.25, -0.2) is 4.39 Å². The lowest BCUT2D eigenvalue weighted by Gasteiger charge is -2.34. The zero-order chi connectivity index (χ0) is 17.0. The number of nitro benzene ring substituents is 1. The number of nitrogens with one attached hydrogen (secondary N) is 1. The van der Waals surface area contributed by atoms with Crippen molar-refractivity contribution in [2.24, 2.45) is 5.92 Å². The summed E-state index contributed by atoms with van der Waals surface area (Å²) in [4.78, 5) is 24.0. The fourth-order valence-corrected chi connectivity index (χ4v) is 2.62. The van der Waals surface area contributed by atoms with E-state index in [0.29, 0.717) is 26.1 Å². The van der Waals surface area contributed by atoms with Crippen LogP contribution in [0.3, 0.4) is 0 Å². The van der Waals surface area contributed by atoms with Gasteiger partial charge in [0, 0.05) is 38.2 Å². The average Bonchev–Trinajstić information content (AvgIpc) is 2.50. The second-order valence-electron chi connectivity index (χ2n) is 5.85. The van der Waals surface area contributed by atoms with Crippen molar-refractivity contribution in [3.8, 4) is 0 Å². The molecule has 1 fully saturated rings. The smallest absolute Gasteiger partial charge is 0.271 e. The van der Waals surface area contributed by atoms with Crippen LogP contribution >= 0.6 is 0 Å². The van der Waals surface area contributed by atoms with Crippen LogP contribution in [0.1, 0.15) is 19.8 Å². The van der Waals surface area contributed by atoms with Crippen LogP contribution in [-0.4, -0.2) is 46.6 Å². The number of rotatable bonds is 5. The molecule has 23 heavy (non-hydrogen) atoms. The number of nitro groups is 1. The van der Waals surface area contributed by atoms with Gasteiger partial charge in [0.25, 0.3) is 5.69 Å². The van der Waals surface area contributed by atoms with Gasteiger partial charge in [-0.05, 0) is 18.4 Å². The summed E-state index contributed by atoms with van der Waals surface area (Å²) in [5, 5.41) is 22.7. The molecular formula is C15H20FN3O4. The molecule has 1 amide bonds. The molecule has 2 atom stereocenters. The predicted octanol–water partition coefficient (Wildman–Crippen LogP) is 1.77. The molecule has 126 valence electrons. The van der Waals surface area contributed by atoms with E-state index in [-0.39, 0.29) is 29.8 Å². The topological polar surface area (TPSA) is 95.7 Å². The largest absolute Gasteiger partial charge is 0.393 e. The van der Waals surface area contributed by atoms with E-state index in [2.05, 4.69) is 10.2 Å². The summed E-state index contributed by atoms with van der Waals surface area (Å²) in [6.45, 7) is 3.87. The van der Waals surface area contributed by atoms with E-state index in [4.69, 9.17) is 0 Å². The number of piperidine rings is 1. The molecular weight excluding hydrogens is 305 g/mol. The first-order valence-corrected chi connectivity index (χ1v) is 7.51. The number of carbonyl (C=O) groups is 1. The minimum atomic E-state index is -0.710. The van der Waals surface area contributed by atoms with E-state index in [1.54, 1.807) is 0 Å². The number of hydrogen-bond acceptors (Lipinski definition) is 5. The van der Waals surface area contributed by atoms with E-state index in [0.717, 1.165) is 18.2 Å². The maximum atomic E-state index is 13.6. The second-order valence-corrected chi connectivity index (χ2v) is 5.85. The van der Waals surface area contributed by atoms with Crippen molar-refractivity contribution in [1.82, 2.24) is 4.90 Å². The van der Waals surface area contributed by atoms with Crippen LogP contribution in [0, 0.1) is 21.8 Å². The Kier molecular flexibility index (Phi) is 5.62. The molecule has 0 radical (unpaired) electrons. The summed E-state index contributed by atoms with van der Waals surface area (Å²) in [7, 11) is 0. The summed E-state index contributed by atoms with van der Waals surface area (Å²) >= 11 is 0. The Labute approximate surface area is 133 Å². The Morgan fingerprint density at radius 3 is 2.96 bits per heavy atom. The van der Waals surface area contributed by atoms with Crippen LogP contribution < -0.4 is 5.32 Å². The zero-order valence-electron chi connectivity index (χ0n) is 12.9. The molecule has 1 aliphatic heterocycles. The standard InChI is InChI=1S/C15H20FN3O4/c1-10-9-18(6-4-14(10)20)7-5-15(21)17-13-8-11(19(22)23)2-3-12(13)16/h2-3,8,10,14,20H,4-7,9H2,1H3,(H,17,21)/t10-,14+/m0/s1. The molecule has 1 aromatic rings. The van der Waals surface area contributed by atoms with Crippen molar-refractivity contribution in [3.05, 3.63) is 34.1 Å². The normalized spacial score (nSPS) is 21.9. The van der Waals surface area contributed by atoms with Gasteiger partial charge >= 0.3 is 0 Å². The Hall–Kier alpha value is -2.06.